The van der Waals surface area contributed by atoms with E-state index in [4.69, 9.17) is 14.8 Å². The number of nitrogens with one attached hydrogen (secondary N) is 1. The van der Waals surface area contributed by atoms with E-state index in [9.17, 15) is 4.39 Å². The molecule has 30 heavy (non-hydrogen) atoms. The van der Waals surface area contributed by atoms with Crippen LogP contribution in [0.4, 0.5) is 10.2 Å². The molecular weight excluding hydrogens is 381 g/mol. The van der Waals surface area contributed by atoms with E-state index in [1.165, 1.54) is 12.1 Å². The summed E-state index contributed by atoms with van der Waals surface area (Å²) in [5, 5.41) is 8.33. The standard InChI is InChI=1S/C23H30FN5O/c1-16-21(17-5-7-18(24)8-6-17)22-26-19(23(2,3)4)15-20(29(22)27-16)25-9-10-28-11-13-30-14-12-28/h5-8,15,25H,9-14H2,1-4H3. The first kappa shape index (κ1) is 20.8. The zero-order valence-corrected chi connectivity index (χ0v) is 18.2. The Kier molecular flexibility index (Phi) is 5.75. The molecule has 1 saturated heterocycles. The molecule has 0 atom stereocenters. The maximum absolute atomic E-state index is 13.5. The van der Waals surface area contributed by atoms with Gasteiger partial charge in [0.05, 0.1) is 24.6 Å². The number of anilines is 1. The number of rotatable bonds is 5. The summed E-state index contributed by atoms with van der Waals surface area (Å²) < 4.78 is 20.8. The van der Waals surface area contributed by atoms with Crippen LogP contribution in [0.1, 0.15) is 32.2 Å². The summed E-state index contributed by atoms with van der Waals surface area (Å²) in [4.78, 5) is 7.37. The van der Waals surface area contributed by atoms with Crippen molar-refractivity contribution in [3.05, 3.63) is 47.5 Å². The molecule has 0 saturated carbocycles. The molecule has 0 spiro atoms. The van der Waals surface area contributed by atoms with E-state index in [1.807, 2.05) is 11.4 Å². The quantitative estimate of drug-likeness (QED) is 0.690. The average Bonchev–Trinajstić information content (AvgIpc) is 3.05. The highest BCUT2D eigenvalue weighted by Crippen LogP contribution is 2.32. The zero-order valence-electron chi connectivity index (χ0n) is 18.2. The SMILES string of the molecule is Cc1nn2c(NCCN3CCOCC3)cc(C(C)(C)C)nc2c1-c1ccc(F)cc1. The maximum Gasteiger partial charge on any atom is 0.165 e. The predicted molar refractivity (Wildman–Crippen MR) is 118 cm³/mol. The van der Waals surface area contributed by atoms with Gasteiger partial charge in [-0.25, -0.2) is 9.37 Å². The van der Waals surface area contributed by atoms with Crippen LogP contribution in [-0.2, 0) is 10.2 Å². The van der Waals surface area contributed by atoms with E-state index in [1.54, 1.807) is 12.1 Å². The Morgan fingerprint density at radius 2 is 1.83 bits per heavy atom. The topological polar surface area (TPSA) is 54.7 Å². The molecule has 6 nitrogen and oxygen atoms in total. The van der Waals surface area contributed by atoms with Crippen molar-refractivity contribution in [2.45, 2.75) is 33.1 Å². The highest BCUT2D eigenvalue weighted by molar-refractivity contribution is 5.81. The first-order valence-corrected chi connectivity index (χ1v) is 10.5. The van der Waals surface area contributed by atoms with Crippen LogP contribution >= 0.6 is 0 Å². The second-order valence-electron chi connectivity index (χ2n) is 8.86. The summed E-state index contributed by atoms with van der Waals surface area (Å²) >= 11 is 0. The van der Waals surface area contributed by atoms with Gasteiger partial charge in [0.25, 0.3) is 0 Å². The Bertz CT molecular complexity index is 1020. The van der Waals surface area contributed by atoms with Crippen molar-refractivity contribution in [1.29, 1.82) is 0 Å². The molecule has 1 aliphatic heterocycles. The molecular formula is C23H30FN5O. The highest BCUT2D eigenvalue weighted by Gasteiger charge is 2.22. The normalized spacial score (nSPS) is 15.6. The molecule has 2 aromatic heterocycles. The van der Waals surface area contributed by atoms with E-state index in [0.717, 1.165) is 73.4 Å². The summed E-state index contributed by atoms with van der Waals surface area (Å²) in [5.41, 5.74) is 4.41. The summed E-state index contributed by atoms with van der Waals surface area (Å²) in [6.07, 6.45) is 0. The molecule has 4 rings (SSSR count). The molecule has 3 aromatic rings. The number of aromatic nitrogens is 3. The number of fused-ring (bicyclic) bond motifs is 1. The van der Waals surface area contributed by atoms with Crippen LogP contribution < -0.4 is 5.32 Å². The Hall–Kier alpha value is -2.51. The molecule has 1 aromatic carbocycles. The minimum atomic E-state index is -0.248. The number of aryl methyl sites for hydroxylation is 1. The number of benzene rings is 1. The van der Waals surface area contributed by atoms with Crippen LogP contribution in [0.2, 0.25) is 0 Å². The molecule has 0 radical (unpaired) electrons. The van der Waals surface area contributed by atoms with Crippen molar-refractivity contribution in [2.75, 3.05) is 44.7 Å². The number of hydrogen-bond acceptors (Lipinski definition) is 5. The van der Waals surface area contributed by atoms with Gasteiger partial charge in [-0.1, -0.05) is 32.9 Å². The summed E-state index contributed by atoms with van der Waals surface area (Å²) in [6, 6.07) is 8.63. The lowest BCUT2D eigenvalue weighted by molar-refractivity contribution is 0.0398. The van der Waals surface area contributed by atoms with Gasteiger partial charge < -0.3 is 10.1 Å². The largest absolute Gasteiger partial charge is 0.379 e. The van der Waals surface area contributed by atoms with Crippen molar-refractivity contribution in [1.82, 2.24) is 19.5 Å². The molecule has 3 heterocycles. The van der Waals surface area contributed by atoms with E-state index in [2.05, 4.69) is 37.1 Å². The van der Waals surface area contributed by atoms with E-state index in [-0.39, 0.29) is 11.2 Å². The van der Waals surface area contributed by atoms with Crippen LogP contribution in [0.25, 0.3) is 16.8 Å². The van der Waals surface area contributed by atoms with Gasteiger partial charge in [0.2, 0.25) is 0 Å². The number of ether oxygens (including phenoxy) is 1. The Labute approximate surface area is 177 Å². The minimum Gasteiger partial charge on any atom is -0.379 e. The Balaban J connectivity index is 1.71. The number of halogens is 1. The molecule has 1 N–H and O–H groups in total. The summed E-state index contributed by atoms with van der Waals surface area (Å²) in [6.45, 7) is 13.7. The van der Waals surface area contributed by atoms with Gasteiger partial charge in [-0.2, -0.15) is 9.61 Å². The van der Waals surface area contributed by atoms with Crippen molar-refractivity contribution in [3.8, 4) is 11.1 Å². The molecule has 0 unspecified atom stereocenters. The predicted octanol–water partition coefficient (Wildman–Crippen LogP) is 3.89. The lowest BCUT2D eigenvalue weighted by atomic mass is 9.92. The number of hydrogen-bond donors (Lipinski definition) is 1. The Morgan fingerprint density at radius 3 is 2.50 bits per heavy atom. The van der Waals surface area contributed by atoms with Gasteiger partial charge in [-0.05, 0) is 24.6 Å². The molecule has 0 amide bonds. The van der Waals surface area contributed by atoms with Crippen LogP contribution in [0.3, 0.4) is 0 Å². The third-order valence-corrected chi connectivity index (χ3v) is 5.50. The molecule has 1 aliphatic rings. The van der Waals surface area contributed by atoms with Gasteiger partial charge in [-0.15, -0.1) is 0 Å². The fraction of sp³-hybridized carbons (Fsp3) is 0.478. The second kappa shape index (κ2) is 8.32. The lowest BCUT2D eigenvalue weighted by Gasteiger charge is -2.26. The van der Waals surface area contributed by atoms with Crippen molar-refractivity contribution < 1.29 is 9.13 Å². The van der Waals surface area contributed by atoms with Crippen molar-refractivity contribution in [3.63, 3.8) is 0 Å². The molecule has 1 fully saturated rings. The van der Waals surface area contributed by atoms with Crippen LogP contribution in [0.5, 0.6) is 0 Å². The van der Waals surface area contributed by atoms with Gasteiger partial charge in [-0.3, -0.25) is 4.90 Å². The third kappa shape index (κ3) is 4.32. The van der Waals surface area contributed by atoms with E-state index >= 15 is 0 Å². The summed E-state index contributed by atoms with van der Waals surface area (Å²) in [7, 11) is 0. The van der Waals surface area contributed by atoms with Gasteiger partial charge in [0.1, 0.15) is 11.6 Å². The molecule has 7 heteroatoms. The minimum absolute atomic E-state index is 0.110. The smallest absolute Gasteiger partial charge is 0.165 e. The van der Waals surface area contributed by atoms with Crippen LogP contribution in [0.15, 0.2) is 30.3 Å². The average molecular weight is 412 g/mol. The van der Waals surface area contributed by atoms with E-state index < -0.39 is 0 Å². The number of nitrogens with zero attached hydrogens (tertiary/aromatic N) is 4. The zero-order chi connectivity index (χ0) is 21.3. The van der Waals surface area contributed by atoms with Crippen molar-refractivity contribution >= 4 is 11.5 Å². The summed E-state index contributed by atoms with van der Waals surface area (Å²) in [5.74, 6) is 0.677. The second-order valence-corrected chi connectivity index (χ2v) is 8.86. The van der Waals surface area contributed by atoms with Crippen molar-refractivity contribution in [2.24, 2.45) is 0 Å². The van der Waals surface area contributed by atoms with Crippen LogP contribution in [-0.4, -0.2) is 58.9 Å². The Morgan fingerprint density at radius 1 is 1.13 bits per heavy atom. The fourth-order valence-electron chi connectivity index (χ4n) is 3.75. The first-order chi connectivity index (χ1) is 14.3. The van der Waals surface area contributed by atoms with Gasteiger partial charge >= 0.3 is 0 Å². The van der Waals surface area contributed by atoms with Gasteiger partial charge in [0, 0.05) is 43.2 Å². The fourth-order valence-corrected chi connectivity index (χ4v) is 3.75. The molecule has 0 bridgehead atoms. The first-order valence-electron chi connectivity index (χ1n) is 10.5. The monoisotopic (exact) mass is 411 g/mol. The van der Waals surface area contributed by atoms with E-state index in [0.29, 0.717) is 0 Å². The lowest BCUT2D eigenvalue weighted by Crippen LogP contribution is -2.39. The number of morpholine rings is 1. The van der Waals surface area contributed by atoms with Gasteiger partial charge in [0.15, 0.2) is 5.65 Å². The molecule has 0 aliphatic carbocycles. The molecule has 160 valence electrons. The third-order valence-electron chi connectivity index (χ3n) is 5.50. The van der Waals surface area contributed by atoms with Crippen LogP contribution in [0, 0.1) is 12.7 Å². The maximum atomic E-state index is 13.5. The highest BCUT2D eigenvalue weighted by atomic mass is 19.1.